The number of aromatic nitrogens is 2. The molecule has 1 aromatic rings. The minimum Gasteiger partial charge on any atom is -0.476 e. The van der Waals surface area contributed by atoms with Crippen molar-refractivity contribution in [1.82, 2.24) is 9.97 Å². The molecule has 0 radical (unpaired) electrons. The van der Waals surface area contributed by atoms with Gasteiger partial charge in [0.15, 0.2) is 5.69 Å². The second kappa shape index (κ2) is 4.90. The molecule has 0 saturated carbocycles. The van der Waals surface area contributed by atoms with Gasteiger partial charge in [-0.25, -0.2) is 14.8 Å². The van der Waals surface area contributed by atoms with Crippen LogP contribution in [0.4, 0.5) is 5.69 Å². The van der Waals surface area contributed by atoms with Crippen LogP contribution in [-0.4, -0.2) is 34.0 Å². The van der Waals surface area contributed by atoms with Crippen molar-refractivity contribution in [3.8, 4) is 0 Å². The molecule has 0 bridgehead atoms. The first-order valence-electron chi connectivity index (χ1n) is 5.19. The van der Waals surface area contributed by atoms with Crippen LogP contribution in [0.15, 0.2) is 6.20 Å². The maximum atomic E-state index is 11.2. The van der Waals surface area contributed by atoms with Crippen LogP contribution in [0.1, 0.15) is 43.0 Å². The Bertz CT molecular complexity index is 457. The van der Waals surface area contributed by atoms with Crippen molar-refractivity contribution in [2.45, 2.75) is 26.7 Å². The SMILES string of the molecule is CC(=O)N(C)c1cnc(C(C)C)nc1C(=O)O. The topological polar surface area (TPSA) is 83.4 Å². The molecular weight excluding hydrogens is 222 g/mol. The number of aromatic carboxylic acids is 1. The van der Waals surface area contributed by atoms with Crippen LogP contribution >= 0.6 is 0 Å². The zero-order valence-electron chi connectivity index (χ0n) is 10.3. The number of carboxylic acids is 1. The lowest BCUT2D eigenvalue weighted by molar-refractivity contribution is -0.116. The third-order valence-corrected chi connectivity index (χ3v) is 2.34. The summed E-state index contributed by atoms with van der Waals surface area (Å²) in [6.45, 7) is 5.09. The van der Waals surface area contributed by atoms with Gasteiger partial charge in [0.25, 0.3) is 0 Å². The molecule has 0 fully saturated rings. The second-order valence-electron chi connectivity index (χ2n) is 4.00. The Hall–Kier alpha value is -1.98. The Morgan fingerprint density at radius 2 is 2.00 bits per heavy atom. The molecule has 17 heavy (non-hydrogen) atoms. The van der Waals surface area contributed by atoms with E-state index in [9.17, 15) is 9.59 Å². The highest BCUT2D eigenvalue weighted by Crippen LogP contribution is 2.19. The number of amides is 1. The fourth-order valence-electron chi connectivity index (χ4n) is 1.24. The molecule has 0 aliphatic carbocycles. The Labute approximate surface area is 99.3 Å². The number of anilines is 1. The third-order valence-electron chi connectivity index (χ3n) is 2.34. The molecule has 1 rings (SSSR count). The first-order valence-corrected chi connectivity index (χ1v) is 5.19. The van der Waals surface area contributed by atoms with Crippen molar-refractivity contribution in [3.05, 3.63) is 17.7 Å². The van der Waals surface area contributed by atoms with Gasteiger partial charge in [0.1, 0.15) is 5.82 Å². The Kier molecular flexibility index (Phi) is 3.77. The van der Waals surface area contributed by atoms with Gasteiger partial charge >= 0.3 is 5.97 Å². The zero-order valence-corrected chi connectivity index (χ0v) is 10.3. The van der Waals surface area contributed by atoms with E-state index in [1.807, 2.05) is 13.8 Å². The van der Waals surface area contributed by atoms with E-state index >= 15 is 0 Å². The summed E-state index contributed by atoms with van der Waals surface area (Å²) in [6.07, 6.45) is 1.37. The van der Waals surface area contributed by atoms with E-state index in [1.54, 1.807) is 0 Å². The number of carboxylic acid groups (broad SMARTS) is 1. The summed E-state index contributed by atoms with van der Waals surface area (Å²) in [7, 11) is 1.49. The van der Waals surface area contributed by atoms with Gasteiger partial charge in [0, 0.05) is 19.9 Å². The minimum atomic E-state index is -1.17. The Balaban J connectivity index is 3.32. The van der Waals surface area contributed by atoms with E-state index in [1.165, 1.54) is 25.1 Å². The lowest BCUT2D eigenvalue weighted by Crippen LogP contribution is -2.26. The fourth-order valence-corrected chi connectivity index (χ4v) is 1.24. The summed E-state index contributed by atoms with van der Waals surface area (Å²) in [5.41, 5.74) is 0.0517. The highest BCUT2D eigenvalue weighted by Gasteiger charge is 2.19. The molecule has 6 heteroatoms. The van der Waals surface area contributed by atoms with E-state index in [4.69, 9.17) is 5.11 Å². The van der Waals surface area contributed by atoms with Gasteiger partial charge in [-0.3, -0.25) is 4.79 Å². The van der Waals surface area contributed by atoms with Crippen LogP contribution in [0.3, 0.4) is 0 Å². The van der Waals surface area contributed by atoms with Crippen molar-refractivity contribution in [3.63, 3.8) is 0 Å². The van der Waals surface area contributed by atoms with E-state index in [0.29, 0.717) is 5.82 Å². The molecule has 0 atom stereocenters. The summed E-state index contributed by atoms with van der Waals surface area (Å²) < 4.78 is 0. The number of hydrogen-bond donors (Lipinski definition) is 1. The average Bonchev–Trinajstić information content (AvgIpc) is 2.26. The standard InChI is InChI=1S/C11H15N3O3/c1-6(2)10-12-5-8(14(4)7(3)15)9(13-10)11(16)17/h5-6H,1-4H3,(H,16,17). The van der Waals surface area contributed by atoms with E-state index in [-0.39, 0.29) is 23.2 Å². The molecule has 0 unspecified atom stereocenters. The number of hydrogen-bond acceptors (Lipinski definition) is 4. The summed E-state index contributed by atoms with van der Waals surface area (Å²) in [5, 5.41) is 9.07. The van der Waals surface area contributed by atoms with Crippen LogP contribution in [0.5, 0.6) is 0 Å². The summed E-state index contributed by atoms with van der Waals surface area (Å²) >= 11 is 0. The van der Waals surface area contributed by atoms with Crippen LogP contribution in [-0.2, 0) is 4.79 Å². The van der Waals surface area contributed by atoms with E-state index in [2.05, 4.69) is 9.97 Å². The van der Waals surface area contributed by atoms with E-state index < -0.39 is 5.97 Å². The molecule has 92 valence electrons. The second-order valence-corrected chi connectivity index (χ2v) is 4.00. The molecule has 6 nitrogen and oxygen atoms in total. The maximum Gasteiger partial charge on any atom is 0.356 e. The molecule has 1 amide bonds. The van der Waals surface area contributed by atoms with Crippen molar-refractivity contribution >= 4 is 17.6 Å². The number of rotatable bonds is 3. The highest BCUT2D eigenvalue weighted by atomic mass is 16.4. The van der Waals surface area contributed by atoms with Gasteiger partial charge in [-0.05, 0) is 0 Å². The Morgan fingerprint density at radius 3 is 2.41 bits per heavy atom. The van der Waals surface area contributed by atoms with Crippen LogP contribution < -0.4 is 4.90 Å². The predicted octanol–water partition coefficient (Wildman–Crippen LogP) is 1.28. The lowest BCUT2D eigenvalue weighted by atomic mass is 10.2. The van der Waals surface area contributed by atoms with Crippen LogP contribution in [0.2, 0.25) is 0 Å². The van der Waals surface area contributed by atoms with Gasteiger partial charge in [-0.1, -0.05) is 13.8 Å². The predicted molar refractivity (Wildman–Crippen MR) is 62.2 cm³/mol. The summed E-state index contributed by atoms with van der Waals surface area (Å²) in [5.74, 6) is -0.960. The smallest absolute Gasteiger partial charge is 0.356 e. The maximum absolute atomic E-state index is 11.2. The van der Waals surface area contributed by atoms with Gasteiger partial charge in [-0.2, -0.15) is 0 Å². The quantitative estimate of drug-likeness (QED) is 0.856. The fraction of sp³-hybridized carbons (Fsp3) is 0.455. The first-order chi connectivity index (χ1) is 7.84. The third kappa shape index (κ3) is 2.77. The molecule has 0 aromatic carbocycles. The monoisotopic (exact) mass is 237 g/mol. The zero-order chi connectivity index (χ0) is 13.2. The Morgan fingerprint density at radius 1 is 1.41 bits per heavy atom. The molecule has 1 N–H and O–H groups in total. The van der Waals surface area contributed by atoms with Crippen LogP contribution in [0.25, 0.3) is 0 Å². The number of carbonyl (C=O) groups is 2. The molecular formula is C11H15N3O3. The number of carbonyl (C=O) groups excluding carboxylic acids is 1. The van der Waals surface area contributed by atoms with Gasteiger partial charge < -0.3 is 10.0 Å². The summed E-state index contributed by atoms with van der Waals surface area (Å²) in [4.78, 5) is 31.6. The summed E-state index contributed by atoms with van der Waals surface area (Å²) in [6, 6.07) is 0. The molecule has 0 saturated heterocycles. The normalized spacial score (nSPS) is 10.4. The molecule has 0 aliphatic rings. The average molecular weight is 237 g/mol. The van der Waals surface area contributed by atoms with Gasteiger partial charge in [0.05, 0.1) is 11.9 Å². The van der Waals surface area contributed by atoms with Gasteiger partial charge in [0.2, 0.25) is 5.91 Å². The lowest BCUT2D eigenvalue weighted by Gasteiger charge is -2.17. The minimum absolute atomic E-state index is 0.0322. The largest absolute Gasteiger partial charge is 0.476 e. The van der Waals surface area contributed by atoms with Crippen molar-refractivity contribution in [2.24, 2.45) is 0 Å². The van der Waals surface area contributed by atoms with Crippen LogP contribution in [0, 0.1) is 0 Å². The number of nitrogens with zero attached hydrogens (tertiary/aromatic N) is 3. The molecule has 1 heterocycles. The van der Waals surface area contributed by atoms with Gasteiger partial charge in [-0.15, -0.1) is 0 Å². The van der Waals surface area contributed by atoms with Crippen molar-refractivity contribution < 1.29 is 14.7 Å². The van der Waals surface area contributed by atoms with E-state index in [0.717, 1.165) is 0 Å². The molecule has 0 aliphatic heterocycles. The van der Waals surface area contributed by atoms with Crippen molar-refractivity contribution in [1.29, 1.82) is 0 Å². The first kappa shape index (κ1) is 13.1. The highest BCUT2D eigenvalue weighted by molar-refractivity contribution is 5.99. The van der Waals surface area contributed by atoms with Crippen molar-refractivity contribution in [2.75, 3.05) is 11.9 Å². The molecule has 0 spiro atoms. The molecule has 1 aromatic heterocycles.